The first-order valence-corrected chi connectivity index (χ1v) is 8.44. The molecule has 0 aliphatic rings. The summed E-state index contributed by atoms with van der Waals surface area (Å²) >= 11 is 0. The van der Waals surface area contributed by atoms with Crippen LogP contribution < -0.4 is 14.2 Å². The Morgan fingerprint density at radius 3 is 2.54 bits per heavy atom. The van der Waals surface area contributed by atoms with Crippen molar-refractivity contribution in [3.63, 3.8) is 0 Å². The zero-order valence-corrected chi connectivity index (χ0v) is 15.3. The summed E-state index contributed by atoms with van der Waals surface area (Å²) in [6.07, 6.45) is 3.46. The lowest BCUT2D eigenvalue weighted by Crippen LogP contribution is -2.09. The Balaban J connectivity index is 2.03. The molecule has 144 valence electrons. The highest BCUT2D eigenvalue weighted by Crippen LogP contribution is 2.29. The monoisotopic (exact) mass is 381 g/mol. The van der Waals surface area contributed by atoms with Gasteiger partial charge in [0, 0.05) is 12.5 Å². The number of methoxy groups -OCH3 is 1. The van der Waals surface area contributed by atoms with E-state index in [0.717, 1.165) is 6.08 Å². The highest BCUT2D eigenvalue weighted by Gasteiger charge is 2.13. The molecule has 0 unspecified atom stereocenters. The van der Waals surface area contributed by atoms with Crippen molar-refractivity contribution in [3.8, 4) is 23.3 Å². The van der Waals surface area contributed by atoms with E-state index < -0.39 is 11.9 Å². The largest absolute Gasteiger partial charge is 0.493 e. The SMILES string of the molecule is COc1cc(C(=O)Oc2ccc(/C=C/C(=O)O)cc2)ccc1OCCCC#N. The Bertz CT molecular complexity index is 896. The number of benzene rings is 2. The van der Waals surface area contributed by atoms with E-state index in [-0.39, 0.29) is 5.56 Å². The number of aliphatic carboxylic acids is 1. The fourth-order valence-electron chi connectivity index (χ4n) is 2.23. The average molecular weight is 381 g/mol. The normalized spacial score (nSPS) is 10.3. The number of carbonyl (C=O) groups excluding carboxylic acids is 1. The first-order valence-electron chi connectivity index (χ1n) is 8.44. The quantitative estimate of drug-likeness (QED) is 0.305. The molecular formula is C21H19NO6. The van der Waals surface area contributed by atoms with Gasteiger partial charge in [-0.2, -0.15) is 5.26 Å². The molecule has 0 spiro atoms. The molecule has 2 rings (SSSR count). The van der Waals surface area contributed by atoms with Crippen molar-refractivity contribution >= 4 is 18.0 Å². The average Bonchev–Trinajstić information content (AvgIpc) is 2.70. The summed E-state index contributed by atoms with van der Waals surface area (Å²) in [5.74, 6) is -0.412. The second-order valence-corrected chi connectivity index (χ2v) is 5.61. The van der Waals surface area contributed by atoms with Crippen molar-refractivity contribution in [3.05, 3.63) is 59.7 Å². The van der Waals surface area contributed by atoms with Crippen molar-refractivity contribution in [1.29, 1.82) is 5.26 Å². The molecule has 0 radical (unpaired) electrons. The van der Waals surface area contributed by atoms with Crippen LogP contribution in [0.2, 0.25) is 0 Å². The van der Waals surface area contributed by atoms with Crippen molar-refractivity contribution in [2.75, 3.05) is 13.7 Å². The molecule has 0 saturated heterocycles. The smallest absolute Gasteiger partial charge is 0.343 e. The van der Waals surface area contributed by atoms with E-state index in [1.165, 1.54) is 19.3 Å². The van der Waals surface area contributed by atoms with Crippen LogP contribution in [0.4, 0.5) is 0 Å². The second kappa shape index (κ2) is 10.4. The molecule has 1 N–H and O–H groups in total. The summed E-state index contributed by atoms with van der Waals surface area (Å²) in [5, 5.41) is 17.2. The maximum atomic E-state index is 12.3. The Morgan fingerprint density at radius 2 is 1.89 bits per heavy atom. The lowest BCUT2D eigenvalue weighted by atomic mass is 10.2. The minimum atomic E-state index is -1.04. The van der Waals surface area contributed by atoms with Gasteiger partial charge in [0.1, 0.15) is 5.75 Å². The first-order chi connectivity index (χ1) is 13.5. The molecule has 0 aromatic heterocycles. The molecule has 0 aliphatic heterocycles. The number of carbonyl (C=O) groups is 2. The Kier molecular flexibility index (Phi) is 7.61. The highest BCUT2D eigenvalue weighted by molar-refractivity contribution is 5.92. The number of ether oxygens (including phenoxy) is 3. The third-order valence-corrected chi connectivity index (χ3v) is 3.60. The van der Waals surface area contributed by atoms with E-state index in [1.807, 2.05) is 6.07 Å². The summed E-state index contributed by atoms with van der Waals surface area (Å²) in [5.41, 5.74) is 0.956. The minimum absolute atomic E-state index is 0.288. The van der Waals surface area contributed by atoms with Gasteiger partial charge in [-0.15, -0.1) is 0 Å². The molecule has 28 heavy (non-hydrogen) atoms. The van der Waals surface area contributed by atoms with Crippen LogP contribution in [-0.4, -0.2) is 30.8 Å². The van der Waals surface area contributed by atoms with Gasteiger partial charge >= 0.3 is 11.9 Å². The van der Waals surface area contributed by atoms with Gasteiger partial charge in [-0.05, 0) is 48.4 Å². The molecule has 2 aromatic rings. The van der Waals surface area contributed by atoms with Gasteiger partial charge in [0.05, 0.1) is 25.3 Å². The van der Waals surface area contributed by atoms with E-state index in [2.05, 4.69) is 0 Å². The summed E-state index contributed by atoms with van der Waals surface area (Å²) in [6.45, 7) is 0.371. The van der Waals surface area contributed by atoms with Crippen LogP contribution in [0.3, 0.4) is 0 Å². The lowest BCUT2D eigenvalue weighted by Gasteiger charge is -2.11. The van der Waals surface area contributed by atoms with Gasteiger partial charge in [-0.1, -0.05) is 12.1 Å². The van der Waals surface area contributed by atoms with E-state index >= 15 is 0 Å². The summed E-state index contributed by atoms with van der Waals surface area (Å²) in [6, 6.07) is 13.2. The number of esters is 1. The summed E-state index contributed by atoms with van der Waals surface area (Å²) < 4.78 is 16.1. The number of carboxylic acids is 1. The predicted octanol–water partition coefficient (Wildman–Crippen LogP) is 3.69. The molecule has 0 atom stereocenters. The molecule has 0 fully saturated rings. The third-order valence-electron chi connectivity index (χ3n) is 3.60. The number of hydrogen-bond acceptors (Lipinski definition) is 6. The van der Waals surface area contributed by atoms with Crippen LogP contribution >= 0.6 is 0 Å². The Labute approximate surface area is 162 Å². The fourth-order valence-corrected chi connectivity index (χ4v) is 2.23. The number of rotatable bonds is 9. The molecule has 7 heteroatoms. The van der Waals surface area contributed by atoms with Crippen molar-refractivity contribution in [2.24, 2.45) is 0 Å². The molecule has 0 bridgehead atoms. The first kappa shape index (κ1) is 20.5. The molecule has 0 aliphatic carbocycles. The summed E-state index contributed by atoms with van der Waals surface area (Å²) in [7, 11) is 1.47. The van der Waals surface area contributed by atoms with Crippen LogP contribution in [0.25, 0.3) is 6.08 Å². The zero-order valence-electron chi connectivity index (χ0n) is 15.3. The van der Waals surface area contributed by atoms with E-state index in [4.69, 9.17) is 24.6 Å². The fraction of sp³-hybridized carbons (Fsp3) is 0.190. The maximum Gasteiger partial charge on any atom is 0.343 e. The number of hydrogen-bond donors (Lipinski definition) is 1. The molecule has 0 amide bonds. The number of carboxylic acid groups (broad SMARTS) is 1. The maximum absolute atomic E-state index is 12.3. The Morgan fingerprint density at radius 1 is 1.14 bits per heavy atom. The number of unbranched alkanes of at least 4 members (excludes halogenated alkanes) is 1. The number of nitrogens with zero attached hydrogens (tertiary/aromatic N) is 1. The van der Waals surface area contributed by atoms with Crippen LogP contribution in [0.1, 0.15) is 28.8 Å². The van der Waals surface area contributed by atoms with Crippen LogP contribution in [0, 0.1) is 11.3 Å². The minimum Gasteiger partial charge on any atom is -0.493 e. The van der Waals surface area contributed by atoms with Crippen molar-refractivity contribution < 1.29 is 28.9 Å². The van der Waals surface area contributed by atoms with Gasteiger partial charge in [-0.25, -0.2) is 9.59 Å². The van der Waals surface area contributed by atoms with Gasteiger partial charge < -0.3 is 19.3 Å². The molecule has 7 nitrogen and oxygen atoms in total. The molecule has 2 aromatic carbocycles. The number of nitriles is 1. The van der Waals surface area contributed by atoms with Crippen LogP contribution in [0.5, 0.6) is 17.2 Å². The van der Waals surface area contributed by atoms with Crippen molar-refractivity contribution in [1.82, 2.24) is 0 Å². The lowest BCUT2D eigenvalue weighted by molar-refractivity contribution is -0.131. The van der Waals surface area contributed by atoms with Crippen LogP contribution in [0.15, 0.2) is 48.5 Å². The van der Waals surface area contributed by atoms with E-state index in [9.17, 15) is 9.59 Å². The zero-order chi connectivity index (χ0) is 20.4. The van der Waals surface area contributed by atoms with E-state index in [1.54, 1.807) is 36.4 Å². The Hall–Kier alpha value is -3.79. The van der Waals surface area contributed by atoms with Crippen molar-refractivity contribution in [2.45, 2.75) is 12.8 Å². The van der Waals surface area contributed by atoms with Gasteiger partial charge in [-0.3, -0.25) is 0 Å². The molecule has 0 heterocycles. The topological polar surface area (TPSA) is 106 Å². The van der Waals surface area contributed by atoms with Gasteiger partial charge in [0.25, 0.3) is 0 Å². The predicted molar refractivity (Wildman–Crippen MR) is 101 cm³/mol. The molecule has 0 saturated carbocycles. The van der Waals surface area contributed by atoms with E-state index in [0.29, 0.717) is 42.3 Å². The van der Waals surface area contributed by atoms with Crippen LogP contribution in [-0.2, 0) is 4.79 Å². The summed E-state index contributed by atoms with van der Waals surface area (Å²) in [4.78, 5) is 22.9. The van der Waals surface area contributed by atoms with Gasteiger partial charge in [0.15, 0.2) is 11.5 Å². The highest BCUT2D eigenvalue weighted by atomic mass is 16.5. The van der Waals surface area contributed by atoms with Gasteiger partial charge in [0.2, 0.25) is 0 Å². The molecular weight excluding hydrogens is 362 g/mol. The third kappa shape index (κ3) is 6.18. The standard InChI is InChI=1S/C21H19NO6/c1-26-19-14-16(7-10-18(19)27-13-3-2-12-22)21(25)28-17-8-4-15(5-9-17)6-11-20(23)24/h4-11,14H,2-3,13H2,1H3,(H,23,24)/b11-6+. The second-order valence-electron chi connectivity index (χ2n) is 5.61.